The van der Waals surface area contributed by atoms with E-state index in [1.54, 1.807) is 11.8 Å². The molecule has 1 rings (SSSR count). The summed E-state index contributed by atoms with van der Waals surface area (Å²) in [5.74, 6) is -1.09. The summed E-state index contributed by atoms with van der Waals surface area (Å²) in [6, 6.07) is 3.81. The molecule has 7 nitrogen and oxygen atoms in total. The number of sulfonamides is 1. The number of nitrogens with one attached hydrogen (secondary N) is 1. The van der Waals surface area contributed by atoms with Crippen LogP contribution in [-0.4, -0.2) is 44.8 Å². The summed E-state index contributed by atoms with van der Waals surface area (Å²) in [6.45, 7) is 6.87. The molecule has 0 aliphatic carbocycles. The fourth-order valence-electron chi connectivity index (χ4n) is 2.33. The molecule has 0 aromatic heterocycles. The number of nitrogens with zero attached hydrogens (tertiary/aromatic N) is 1. The minimum absolute atomic E-state index is 0.00900. The van der Waals surface area contributed by atoms with E-state index < -0.39 is 15.9 Å². The first-order chi connectivity index (χ1) is 11.3. The lowest BCUT2D eigenvalue weighted by Crippen LogP contribution is -2.33. The lowest BCUT2D eigenvalue weighted by atomic mass is 10.1. The van der Waals surface area contributed by atoms with E-state index in [4.69, 9.17) is 5.73 Å². The third-order valence-electron chi connectivity index (χ3n) is 3.36. The second-order valence-electron chi connectivity index (χ2n) is 5.40. The van der Waals surface area contributed by atoms with Gasteiger partial charge in [-0.3, -0.25) is 9.59 Å². The molecule has 0 fully saturated rings. The molecule has 1 aromatic carbocycles. The van der Waals surface area contributed by atoms with Crippen LogP contribution in [0.15, 0.2) is 23.1 Å². The number of amides is 2. The van der Waals surface area contributed by atoms with Gasteiger partial charge in [0.1, 0.15) is 0 Å². The summed E-state index contributed by atoms with van der Waals surface area (Å²) in [4.78, 5) is 25.7. The number of primary amides is 1. The van der Waals surface area contributed by atoms with Crippen molar-refractivity contribution < 1.29 is 18.0 Å². The van der Waals surface area contributed by atoms with Crippen LogP contribution in [0.1, 0.15) is 54.3 Å². The Hall–Kier alpha value is -1.93. The van der Waals surface area contributed by atoms with Crippen molar-refractivity contribution in [3.63, 3.8) is 0 Å². The Morgan fingerprint density at radius 2 is 1.58 bits per heavy atom. The van der Waals surface area contributed by atoms with Crippen molar-refractivity contribution in [2.45, 2.75) is 38.5 Å². The van der Waals surface area contributed by atoms with Gasteiger partial charge < -0.3 is 10.6 Å². The number of nitrogens with two attached hydrogens (primary N) is 1. The van der Waals surface area contributed by atoms with Crippen molar-refractivity contribution in [3.05, 3.63) is 29.3 Å². The van der Waals surface area contributed by atoms with Crippen molar-refractivity contribution in [1.82, 2.24) is 9.62 Å². The van der Waals surface area contributed by atoms with E-state index in [0.717, 1.165) is 12.8 Å². The van der Waals surface area contributed by atoms with E-state index >= 15 is 0 Å². The van der Waals surface area contributed by atoms with Gasteiger partial charge in [0, 0.05) is 30.8 Å². The molecule has 0 spiro atoms. The SMILES string of the molecule is CCCN(CCC)C(=O)c1cc(C(N)=O)cc(S(=O)(=O)NCC)c1. The van der Waals surface area contributed by atoms with E-state index in [0.29, 0.717) is 13.1 Å². The molecule has 8 heteroatoms. The Balaban J connectivity index is 3.39. The lowest BCUT2D eigenvalue weighted by molar-refractivity contribution is 0.0755. The first-order valence-electron chi connectivity index (χ1n) is 8.00. The van der Waals surface area contributed by atoms with Crippen LogP contribution < -0.4 is 10.5 Å². The fraction of sp³-hybridized carbons (Fsp3) is 0.500. The molecule has 0 heterocycles. The first kappa shape index (κ1) is 20.1. The molecule has 0 aliphatic heterocycles. The van der Waals surface area contributed by atoms with Crippen LogP contribution in [0.2, 0.25) is 0 Å². The quantitative estimate of drug-likeness (QED) is 0.696. The molecule has 2 amide bonds. The van der Waals surface area contributed by atoms with Crippen molar-refractivity contribution in [1.29, 1.82) is 0 Å². The average molecular weight is 355 g/mol. The molecule has 0 atom stereocenters. The number of carbonyl (C=O) groups is 2. The number of carbonyl (C=O) groups excluding carboxylic acids is 2. The first-order valence-corrected chi connectivity index (χ1v) is 9.48. The van der Waals surface area contributed by atoms with Gasteiger partial charge in [0.15, 0.2) is 0 Å². The van der Waals surface area contributed by atoms with E-state index in [9.17, 15) is 18.0 Å². The van der Waals surface area contributed by atoms with Crippen LogP contribution in [0.5, 0.6) is 0 Å². The fourth-order valence-corrected chi connectivity index (χ4v) is 3.44. The van der Waals surface area contributed by atoms with Gasteiger partial charge in [0.05, 0.1) is 4.90 Å². The normalized spacial score (nSPS) is 11.3. The number of hydrogen-bond acceptors (Lipinski definition) is 4. The van der Waals surface area contributed by atoms with Gasteiger partial charge in [0.25, 0.3) is 5.91 Å². The van der Waals surface area contributed by atoms with E-state index in [1.165, 1.54) is 18.2 Å². The molecule has 0 saturated heterocycles. The van der Waals surface area contributed by atoms with Gasteiger partial charge in [-0.15, -0.1) is 0 Å². The number of rotatable bonds is 9. The van der Waals surface area contributed by atoms with Crippen molar-refractivity contribution >= 4 is 21.8 Å². The van der Waals surface area contributed by atoms with Crippen LogP contribution >= 0.6 is 0 Å². The van der Waals surface area contributed by atoms with Crippen LogP contribution in [0, 0.1) is 0 Å². The van der Waals surface area contributed by atoms with Gasteiger partial charge in [0.2, 0.25) is 15.9 Å². The highest BCUT2D eigenvalue weighted by Gasteiger charge is 2.21. The van der Waals surface area contributed by atoms with Crippen LogP contribution in [0.25, 0.3) is 0 Å². The third kappa shape index (κ3) is 5.04. The molecule has 1 aromatic rings. The minimum Gasteiger partial charge on any atom is -0.366 e. The third-order valence-corrected chi connectivity index (χ3v) is 4.88. The minimum atomic E-state index is -3.80. The molecular weight excluding hydrogens is 330 g/mol. The van der Waals surface area contributed by atoms with Gasteiger partial charge in [-0.2, -0.15) is 0 Å². The van der Waals surface area contributed by atoms with Crippen molar-refractivity contribution in [2.24, 2.45) is 5.73 Å². The van der Waals surface area contributed by atoms with Gasteiger partial charge in [-0.25, -0.2) is 13.1 Å². The predicted molar refractivity (Wildman–Crippen MR) is 92.3 cm³/mol. The standard InChI is InChI=1S/C16H25N3O4S/c1-4-7-19(8-5-2)16(21)13-9-12(15(17)20)10-14(11-13)24(22,23)18-6-3/h9-11,18H,4-8H2,1-3H3,(H2,17,20). The van der Waals surface area contributed by atoms with Crippen LogP contribution in [0.3, 0.4) is 0 Å². The highest BCUT2D eigenvalue weighted by molar-refractivity contribution is 7.89. The van der Waals surface area contributed by atoms with E-state index in [-0.39, 0.29) is 28.5 Å². The predicted octanol–water partition coefficient (Wildman–Crippen LogP) is 1.35. The maximum Gasteiger partial charge on any atom is 0.253 e. The summed E-state index contributed by atoms with van der Waals surface area (Å²) in [5.41, 5.74) is 5.42. The van der Waals surface area contributed by atoms with Gasteiger partial charge >= 0.3 is 0 Å². The highest BCUT2D eigenvalue weighted by Crippen LogP contribution is 2.17. The average Bonchev–Trinajstić information content (AvgIpc) is 2.53. The van der Waals surface area contributed by atoms with Crippen molar-refractivity contribution in [2.75, 3.05) is 19.6 Å². The van der Waals surface area contributed by atoms with Crippen molar-refractivity contribution in [3.8, 4) is 0 Å². The zero-order chi connectivity index (χ0) is 18.3. The summed E-state index contributed by atoms with van der Waals surface area (Å²) in [7, 11) is -3.80. The molecule has 0 saturated carbocycles. The molecule has 3 N–H and O–H groups in total. The summed E-state index contributed by atoms with van der Waals surface area (Å²) >= 11 is 0. The smallest absolute Gasteiger partial charge is 0.253 e. The Morgan fingerprint density at radius 1 is 1.04 bits per heavy atom. The largest absolute Gasteiger partial charge is 0.366 e. The Morgan fingerprint density at radius 3 is 2.04 bits per heavy atom. The van der Waals surface area contributed by atoms with Crippen LogP contribution in [-0.2, 0) is 10.0 Å². The summed E-state index contributed by atoms with van der Waals surface area (Å²) in [6.07, 6.45) is 1.56. The number of hydrogen-bond donors (Lipinski definition) is 2. The molecule has 0 bridgehead atoms. The Labute approximate surface area is 143 Å². The molecule has 134 valence electrons. The molecule has 0 unspecified atom stereocenters. The van der Waals surface area contributed by atoms with Gasteiger partial charge in [-0.1, -0.05) is 20.8 Å². The van der Waals surface area contributed by atoms with Crippen LogP contribution in [0.4, 0.5) is 0 Å². The second-order valence-corrected chi connectivity index (χ2v) is 7.17. The second kappa shape index (κ2) is 8.79. The molecule has 0 aliphatic rings. The molecule has 0 radical (unpaired) electrons. The maximum atomic E-state index is 12.7. The van der Waals surface area contributed by atoms with Gasteiger partial charge in [-0.05, 0) is 31.0 Å². The Bertz CT molecular complexity index is 695. The zero-order valence-electron chi connectivity index (χ0n) is 14.3. The molecular formula is C16H25N3O4S. The highest BCUT2D eigenvalue weighted by atomic mass is 32.2. The monoisotopic (exact) mass is 355 g/mol. The Kier molecular flexibility index (Phi) is 7.37. The number of benzene rings is 1. The topological polar surface area (TPSA) is 110 Å². The van der Waals surface area contributed by atoms with E-state index in [2.05, 4.69) is 4.72 Å². The zero-order valence-corrected chi connectivity index (χ0v) is 15.1. The maximum absolute atomic E-state index is 12.7. The summed E-state index contributed by atoms with van der Waals surface area (Å²) in [5, 5.41) is 0. The lowest BCUT2D eigenvalue weighted by Gasteiger charge is -2.22. The molecule has 24 heavy (non-hydrogen) atoms. The van der Waals surface area contributed by atoms with E-state index in [1.807, 2.05) is 13.8 Å². The summed E-state index contributed by atoms with van der Waals surface area (Å²) < 4.78 is 26.8.